The summed E-state index contributed by atoms with van der Waals surface area (Å²) < 4.78 is 19.2. The van der Waals surface area contributed by atoms with Gasteiger partial charge in [0.1, 0.15) is 17.3 Å². The number of ether oxygens (including phenoxy) is 1. The molecule has 0 aromatic heterocycles. The van der Waals surface area contributed by atoms with Gasteiger partial charge in [-0.25, -0.2) is 9.23 Å². The summed E-state index contributed by atoms with van der Waals surface area (Å²) in [6, 6.07) is 9.74. The van der Waals surface area contributed by atoms with Gasteiger partial charge in [-0.15, -0.1) is 0 Å². The Balaban J connectivity index is 2.23. The molecule has 2 rings (SSSR count). The van der Waals surface area contributed by atoms with Crippen molar-refractivity contribution in [3.05, 3.63) is 53.3 Å². The third-order valence-corrected chi connectivity index (χ3v) is 3.52. The molecule has 3 N–H and O–H groups in total. The predicted octanol–water partition coefficient (Wildman–Crippen LogP) is 4.93. The van der Waals surface area contributed by atoms with Crippen LogP contribution in [0.25, 0.3) is 0 Å². The van der Waals surface area contributed by atoms with E-state index >= 15 is 0 Å². The maximum absolute atomic E-state index is 13.4. The molecule has 0 saturated carbocycles. The summed E-state index contributed by atoms with van der Waals surface area (Å²) in [5.74, 6) is 1.25. The standard InChI is InChI=1S/C18H21ClFN3O/c1-12(2)10-22-17-5-4-16(8-13(17)9-21)24-18-6-3-15(20)7-14(18)11-23-19/h3-9,12,21-23H,10-11H2,1-2H3. The molecule has 0 radical (unpaired) electrons. The summed E-state index contributed by atoms with van der Waals surface area (Å²) in [6.07, 6.45) is 1.28. The van der Waals surface area contributed by atoms with Gasteiger partial charge in [0.25, 0.3) is 0 Å². The van der Waals surface area contributed by atoms with E-state index in [2.05, 4.69) is 24.0 Å². The quantitative estimate of drug-likeness (QED) is 0.468. The highest BCUT2D eigenvalue weighted by Crippen LogP contribution is 2.29. The van der Waals surface area contributed by atoms with Crippen LogP contribution < -0.4 is 14.9 Å². The number of halogens is 2. The Labute approximate surface area is 146 Å². The highest BCUT2D eigenvalue weighted by atomic mass is 35.5. The molecule has 0 aliphatic carbocycles. The molecule has 0 unspecified atom stereocenters. The summed E-state index contributed by atoms with van der Waals surface area (Å²) in [4.78, 5) is 2.48. The number of rotatable bonds is 8. The van der Waals surface area contributed by atoms with Gasteiger partial charge >= 0.3 is 0 Å². The minimum atomic E-state index is -0.349. The normalized spacial score (nSPS) is 10.7. The van der Waals surface area contributed by atoms with Crippen LogP contribution in [0.5, 0.6) is 11.5 Å². The number of nitrogens with one attached hydrogen (secondary N) is 3. The van der Waals surface area contributed by atoms with Crippen LogP contribution in [0, 0.1) is 17.1 Å². The minimum Gasteiger partial charge on any atom is -0.457 e. The molecule has 24 heavy (non-hydrogen) atoms. The molecule has 0 saturated heterocycles. The molecule has 0 spiro atoms. The number of hydrogen-bond donors (Lipinski definition) is 3. The summed E-state index contributed by atoms with van der Waals surface area (Å²) >= 11 is 5.53. The van der Waals surface area contributed by atoms with E-state index in [4.69, 9.17) is 21.9 Å². The Hall–Kier alpha value is -2.11. The van der Waals surface area contributed by atoms with Crippen LogP contribution in [0.1, 0.15) is 25.0 Å². The summed E-state index contributed by atoms with van der Waals surface area (Å²) in [5.41, 5.74) is 2.23. The first kappa shape index (κ1) is 18.2. The zero-order valence-corrected chi connectivity index (χ0v) is 14.5. The first-order valence-electron chi connectivity index (χ1n) is 7.71. The summed E-state index contributed by atoms with van der Waals surface area (Å²) in [6.45, 7) is 5.34. The van der Waals surface area contributed by atoms with Crippen molar-refractivity contribution >= 4 is 23.7 Å². The van der Waals surface area contributed by atoms with Gasteiger partial charge in [-0.1, -0.05) is 13.8 Å². The van der Waals surface area contributed by atoms with E-state index < -0.39 is 0 Å². The van der Waals surface area contributed by atoms with Crippen LogP contribution in [0.15, 0.2) is 36.4 Å². The van der Waals surface area contributed by atoms with Gasteiger partial charge in [0.05, 0.1) is 0 Å². The summed E-state index contributed by atoms with van der Waals surface area (Å²) in [7, 11) is 0. The van der Waals surface area contributed by atoms with Crippen molar-refractivity contribution in [1.29, 1.82) is 5.41 Å². The van der Waals surface area contributed by atoms with Gasteiger partial charge in [0.15, 0.2) is 0 Å². The fourth-order valence-corrected chi connectivity index (χ4v) is 2.33. The lowest BCUT2D eigenvalue weighted by molar-refractivity contribution is 0.473. The largest absolute Gasteiger partial charge is 0.457 e. The fourth-order valence-electron chi connectivity index (χ4n) is 2.18. The molecule has 0 aliphatic heterocycles. The van der Waals surface area contributed by atoms with E-state index in [1.54, 1.807) is 12.1 Å². The van der Waals surface area contributed by atoms with Crippen LogP contribution in [0.2, 0.25) is 0 Å². The van der Waals surface area contributed by atoms with Crippen molar-refractivity contribution in [2.75, 3.05) is 11.9 Å². The lowest BCUT2D eigenvalue weighted by Gasteiger charge is -2.14. The van der Waals surface area contributed by atoms with Crippen LogP contribution in [0.3, 0.4) is 0 Å². The zero-order valence-electron chi connectivity index (χ0n) is 13.7. The zero-order chi connectivity index (χ0) is 17.5. The predicted molar refractivity (Wildman–Crippen MR) is 96.8 cm³/mol. The van der Waals surface area contributed by atoms with E-state index in [1.165, 1.54) is 18.3 Å². The minimum absolute atomic E-state index is 0.278. The second-order valence-electron chi connectivity index (χ2n) is 5.83. The third kappa shape index (κ3) is 4.94. The van der Waals surface area contributed by atoms with Crippen molar-refractivity contribution in [3.63, 3.8) is 0 Å². The SMILES string of the molecule is CC(C)CNc1ccc(Oc2ccc(F)cc2CNCl)cc1C=N. The Kier molecular flexibility index (Phi) is 6.58. The lowest BCUT2D eigenvalue weighted by atomic mass is 10.1. The van der Waals surface area contributed by atoms with Gasteiger partial charge in [0, 0.05) is 36.1 Å². The van der Waals surface area contributed by atoms with Gasteiger partial charge in [-0.2, -0.15) is 0 Å². The van der Waals surface area contributed by atoms with Crippen LogP contribution in [-0.4, -0.2) is 12.8 Å². The highest BCUT2D eigenvalue weighted by molar-refractivity contribution is 6.13. The van der Waals surface area contributed by atoms with E-state index in [0.29, 0.717) is 23.0 Å². The van der Waals surface area contributed by atoms with Crippen molar-refractivity contribution in [2.45, 2.75) is 20.4 Å². The number of anilines is 1. The molecule has 4 nitrogen and oxygen atoms in total. The van der Waals surface area contributed by atoms with E-state index in [1.807, 2.05) is 12.1 Å². The van der Waals surface area contributed by atoms with Gasteiger partial charge in [-0.3, -0.25) is 0 Å². The van der Waals surface area contributed by atoms with Gasteiger partial charge in [-0.05, 0) is 54.1 Å². The topological polar surface area (TPSA) is 57.1 Å². The molecule has 2 aromatic rings. The maximum atomic E-state index is 13.4. The van der Waals surface area contributed by atoms with E-state index in [0.717, 1.165) is 17.8 Å². The van der Waals surface area contributed by atoms with Crippen LogP contribution in [-0.2, 0) is 6.54 Å². The molecule has 0 heterocycles. The van der Waals surface area contributed by atoms with Crippen molar-refractivity contribution in [1.82, 2.24) is 4.84 Å². The molecule has 0 amide bonds. The molecular formula is C18H21ClFN3O. The van der Waals surface area contributed by atoms with E-state index in [9.17, 15) is 4.39 Å². The van der Waals surface area contributed by atoms with Gasteiger partial charge in [0.2, 0.25) is 0 Å². The molecular weight excluding hydrogens is 329 g/mol. The molecule has 0 aliphatic rings. The second kappa shape index (κ2) is 8.66. The highest BCUT2D eigenvalue weighted by Gasteiger charge is 2.09. The average Bonchev–Trinajstić information content (AvgIpc) is 2.56. The Morgan fingerprint density at radius 3 is 2.71 bits per heavy atom. The van der Waals surface area contributed by atoms with E-state index in [-0.39, 0.29) is 12.4 Å². The molecule has 2 aromatic carbocycles. The average molecular weight is 350 g/mol. The Morgan fingerprint density at radius 2 is 2.04 bits per heavy atom. The molecule has 0 fully saturated rings. The Bertz CT molecular complexity index is 707. The summed E-state index contributed by atoms with van der Waals surface area (Å²) in [5, 5.41) is 10.9. The van der Waals surface area contributed by atoms with Crippen LogP contribution in [0.4, 0.5) is 10.1 Å². The van der Waals surface area contributed by atoms with Crippen molar-refractivity contribution in [2.24, 2.45) is 5.92 Å². The van der Waals surface area contributed by atoms with Crippen molar-refractivity contribution in [3.8, 4) is 11.5 Å². The smallest absolute Gasteiger partial charge is 0.132 e. The van der Waals surface area contributed by atoms with Crippen LogP contribution >= 0.6 is 11.8 Å². The number of hydrogen-bond acceptors (Lipinski definition) is 4. The first-order valence-corrected chi connectivity index (χ1v) is 8.09. The molecule has 128 valence electrons. The lowest BCUT2D eigenvalue weighted by Crippen LogP contribution is -2.09. The molecule has 0 bridgehead atoms. The monoisotopic (exact) mass is 349 g/mol. The maximum Gasteiger partial charge on any atom is 0.132 e. The Morgan fingerprint density at radius 1 is 1.25 bits per heavy atom. The first-order chi connectivity index (χ1) is 11.5. The fraction of sp³-hybridized carbons (Fsp3) is 0.278. The molecule has 6 heteroatoms. The van der Waals surface area contributed by atoms with Crippen molar-refractivity contribution < 1.29 is 9.13 Å². The molecule has 0 atom stereocenters. The number of benzene rings is 2. The third-order valence-electron chi connectivity index (χ3n) is 3.39. The van der Waals surface area contributed by atoms with Gasteiger partial charge < -0.3 is 15.5 Å². The second-order valence-corrected chi connectivity index (χ2v) is 6.10.